The first kappa shape index (κ1) is 12.2. The smallest absolute Gasteiger partial charge is 0.321 e. The van der Waals surface area contributed by atoms with Gasteiger partial charge in [-0.15, -0.1) is 0 Å². The number of para-hydroxylation sites is 1. The van der Waals surface area contributed by atoms with Gasteiger partial charge in [-0.25, -0.2) is 0 Å². The van der Waals surface area contributed by atoms with Crippen LogP contribution in [0.4, 0.5) is 5.69 Å². The Hall–Kier alpha value is -1.91. The first-order chi connectivity index (χ1) is 7.70. The number of unbranched alkanes of at least 4 members (excludes halogenated alkanes) is 1. The van der Waals surface area contributed by atoms with Crippen molar-refractivity contribution < 1.29 is 14.5 Å². The van der Waals surface area contributed by atoms with Crippen molar-refractivity contribution in [2.24, 2.45) is 0 Å². The summed E-state index contributed by atoms with van der Waals surface area (Å²) in [6.07, 6.45) is 2.23. The van der Waals surface area contributed by atoms with Gasteiger partial charge in [0.1, 0.15) is 0 Å². The maximum Gasteiger partial charge on any atom is 0.321 e. The van der Waals surface area contributed by atoms with Crippen LogP contribution in [-0.4, -0.2) is 17.8 Å². The number of rotatable bonds is 6. The van der Waals surface area contributed by atoms with Crippen molar-refractivity contribution in [1.82, 2.24) is 0 Å². The molecule has 0 fully saturated rings. The Morgan fingerprint density at radius 2 is 2.25 bits per heavy atom. The molecule has 5 heteroatoms. The van der Waals surface area contributed by atoms with Crippen LogP contribution < -0.4 is 4.74 Å². The quantitative estimate of drug-likeness (QED) is 0.321. The summed E-state index contributed by atoms with van der Waals surface area (Å²) in [5, 5.41) is 10.8. The number of benzene rings is 1. The average Bonchev–Trinajstić information content (AvgIpc) is 2.28. The van der Waals surface area contributed by atoms with Crippen molar-refractivity contribution in [2.45, 2.75) is 19.8 Å². The van der Waals surface area contributed by atoms with Crippen molar-refractivity contribution in [3.05, 3.63) is 33.9 Å². The molecule has 0 heterocycles. The van der Waals surface area contributed by atoms with Gasteiger partial charge < -0.3 is 4.74 Å². The second kappa shape index (κ2) is 5.85. The maximum absolute atomic E-state index is 10.8. The molecule has 5 nitrogen and oxygen atoms in total. The molecule has 1 aromatic rings. The van der Waals surface area contributed by atoms with Gasteiger partial charge in [0.2, 0.25) is 0 Å². The highest BCUT2D eigenvalue weighted by Gasteiger charge is 2.20. The highest BCUT2D eigenvalue weighted by atomic mass is 16.6. The van der Waals surface area contributed by atoms with Gasteiger partial charge in [0.15, 0.2) is 12.0 Å². The largest absolute Gasteiger partial charge is 0.487 e. The average molecular weight is 223 g/mol. The molecule has 86 valence electrons. The fraction of sp³-hybridized carbons (Fsp3) is 0.364. The van der Waals surface area contributed by atoms with Crippen LogP contribution >= 0.6 is 0 Å². The third kappa shape index (κ3) is 2.79. The Bertz CT molecular complexity index is 390. The molecule has 0 unspecified atom stereocenters. The van der Waals surface area contributed by atoms with Gasteiger partial charge in [-0.1, -0.05) is 19.4 Å². The predicted molar refractivity (Wildman–Crippen MR) is 58.9 cm³/mol. The first-order valence-electron chi connectivity index (χ1n) is 5.06. The van der Waals surface area contributed by atoms with Crippen LogP contribution in [0.3, 0.4) is 0 Å². The predicted octanol–water partition coefficient (Wildman–Crippen LogP) is 2.59. The summed E-state index contributed by atoms with van der Waals surface area (Å²) in [4.78, 5) is 20.9. The fourth-order valence-electron chi connectivity index (χ4n) is 1.27. The van der Waals surface area contributed by atoms with Gasteiger partial charge >= 0.3 is 5.69 Å². The molecule has 0 N–H and O–H groups in total. The molecule has 0 bridgehead atoms. The van der Waals surface area contributed by atoms with E-state index in [0.29, 0.717) is 12.9 Å². The summed E-state index contributed by atoms with van der Waals surface area (Å²) in [5.74, 6) is 0.156. The molecule has 1 aromatic carbocycles. The number of nitro benzene ring substituents is 1. The van der Waals surface area contributed by atoms with Gasteiger partial charge in [0.05, 0.1) is 17.1 Å². The normalized spacial score (nSPS) is 9.81. The molecule has 0 amide bonds. The van der Waals surface area contributed by atoms with E-state index in [0.717, 1.165) is 12.8 Å². The van der Waals surface area contributed by atoms with E-state index in [1.807, 2.05) is 6.92 Å². The lowest BCUT2D eigenvalue weighted by Crippen LogP contribution is -2.02. The molecule has 1 rings (SSSR count). The zero-order chi connectivity index (χ0) is 12.0. The van der Waals surface area contributed by atoms with Crippen molar-refractivity contribution in [2.75, 3.05) is 6.61 Å². The van der Waals surface area contributed by atoms with E-state index in [-0.39, 0.29) is 17.0 Å². The van der Waals surface area contributed by atoms with E-state index in [4.69, 9.17) is 4.74 Å². The Morgan fingerprint density at radius 3 is 2.81 bits per heavy atom. The van der Waals surface area contributed by atoms with E-state index < -0.39 is 4.92 Å². The number of carbonyl (C=O) groups is 1. The minimum absolute atomic E-state index is 0.0407. The van der Waals surface area contributed by atoms with Crippen molar-refractivity contribution in [3.63, 3.8) is 0 Å². The summed E-state index contributed by atoms with van der Waals surface area (Å²) < 4.78 is 5.28. The Labute approximate surface area is 93.2 Å². The molecule has 0 saturated carbocycles. The number of aldehydes is 1. The van der Waals surface area contributed by atoms with Gasteiger partial charge in [0, 0.05) is 0 Å². The monoisotopic (exact) mass is 223 g/mol. The number of ether oxygens (including phenoxy) is 1. The summed E-state index contributed by atoms with van der Waals surface area (Å²) >= 11 is 0. The zero-order valence-corrected chi connectivity index (χ0v) is 9.01. The molecule has 0 aliphatic heterocycles. The molecule has 0 aliphatic rings. The van der Waals surface area contributed by atoms with Crippen LogP contribution in [0.2, 0.25) is 0 Å². The van der Waals surface area contributed by atoms with Crippen molar-refractivity contribution in [3.8, 4) is 5.75 Å². The number of carbonyl (C=O) groups excluding carboxylic acids is 1. The van der Waals surface area contributed by atoms with Crippen LogP contribution in [0, 0.1) is 10.1 Å². The summed E-state index contributed by atoms with van der Waals surface area (Å²) in [7, 11) is 0. The van der Waals surface area contributed by atoms with Crippen LogP contribution in [0.15, 0.2) is 18.2 Å². The van der Waals surface area contributed by atoms with Gasteiger partial charge in [-0.05, 0) is 18.6 Å². The fourth-order valence-corrected chi connectivity index (χ4v) is 1.27. The van der Waals surface area contributed by atoms with E-state index in [2.05, 4.69) is 0 Å². The van der Waals surface area contributed by atoms with Gasteiger partial charge in [-0.2, -0.15) is 0 Å². The number of nitro groups is 1. The zero-order valence-electron chi connectivity index (χ0n) is 9.01. The maximum atomic E-state index is 10.8. The van der Waals surface area contributed by atoms with Gasteiger partial charge in [0.25, 0.3) is 0 Å². The lowest BCUT2D eigenvalue weighted by molar-refractivity contribution is -0.386. The Morgan fingerprint density at radius 1 is 1.50 bits per heavy atom. The minimum atomic E-state index is -0.592. The molecule has 0 aliphatic carbocycles. The third-order valence-electron chi connectivity index (χ3n) is 2.10. The van der Waals surface area contributed by atoms with E-state index in [9.17, 15) is 14.9 Å². The van der Waals surface area contributed by atoms with E-state index in [1.165, 1.54) is 12.1 Å². The third-order valence-corrected chi connectivity index (χ3v) is 2.10. The minimum Gasteiger partial charge on any atom is -0.487 e. The standard InChI is InChI=1S/C11H13NO4/c1-2-3-7-16-10-6-4-5-9(8-13)11(10)12(14)15/h4-6,8H,2-3,7H2,1H3. The molecular formula is C11H13NO4. The number of hydrogen-bond acceptors (Lipinski definition) is 4. The molecule has 0 radical (unpaired) electrons. The Balaban J connectivity index is 2.98. The Kier molecular flexibility index (Phi) is 4.44. The highest BCUT2D eigenvalue weighted by molar-refractivity contribution is 5.83. The summed E-state index contributed by atoms with van der Waals surface area (Å²) in [5.41, 5.74) is -0.215. The first-order valence-corrected chi connectivity index (χ1v) is 5.06. The second-order valence-corrected chi connectivity index (χ2v) is 3.27. The lowest BCUT2D eigenvalue weighted by atomic mass is 10.2. The highest BCUT2D eigenvalue weighted by Crippen LogP contribution is 2.29. The van der Waals surface area contributed by atoms with Crippen LogP contribution in [0.5, 0.6) is 5.75 Å². The molecular weight excluding hydrogens is 210 g/mol. The van der Waals surface area contributed by atoms with E-state index >= 15 is 0 Å². The summed E-state index contributed by atoms with van der Waals surface area (Å²) in [6.45, 7) is 2.42. The molecule has 0 atom stereocenters. The topological polar surface area (TPSA) is 69.4 Å². The second-order valence-electron chi connectivity index (χ2n) is 3.27. The van der Waals surface area contributed by atoms with Crippen LogP contribution in [0.1, 0.15) is 30.1 Å². The SMILES string of the molecule is CCCCOc1cccc(C=O)c1[N+](=O)[O-]. The molecule has 0 spiro atoms. The molecule has 16 heavy (non-hydrogen) atoms. The van der Waals surface area contributed by atoms with E-state index in [1.54, 1.807) is 6.07 Å². The molecule has 0 saturated heterocycles. The van der Waals surface area contributed by atoms with Crippen LogP contribution in [0.25, 0.3) is 0 Å². The number of nitrogens with zero attached hydrogens (tertiary/aromatic N) is 1. The number of hydrogen-bond donors (Lipinski definition) is 0. The molecule has 0 aromatic heterocycles. The van der Waals surface area contributed by atoms with Crippen molar-refractivity contribution >= 4 is 12.0 Å². The van der Waals surface area contributed by atoms with Crippen molar-refractivity contribution in [1.29, 1.82) is 0 Å². The summed E-state index contributed by atoms with van der Waals surface area (Å²) in [6, 6.07) is 4.47. The van der Waals surface area contributed by atoms with Gasteiger partial charge in [-0.3, -0.25) is 14.9 Å². The lowest BCUT2D eigenvalue weighted by Gasteiger charge is -2.06. The van der Waals surface area contributed by atoms with Crippen LogP contribution in [-0.2, 0) is 0 Å².